The zero-order valence-corrected chi connectivity index (χ0v) is 11.5. The van der Waals surface area contributed by atoms with Crippen LogP contribution in [0.1, 0.15) is 12.0 Å². The fourth-order valence-electron chi connectivity index (χ4n) is 1.94. The summed E-state index contributed by atoms with van der Waals surface area (Å²) in [4.78, 5) is 10.9. The second kappa shape index (κ2) is 6.55. The molecule has 0 radical (unpaired) electrons. The van der Waals surface area contributed by atoms with Gasteiger partial charge in [0.1, 0.15) is 0 Å². The first-order valence-electron chi connectivity index (χ1n) is 6.29. The highest BCUT2D eigenvalue weighted by Crippen LogP contribution is 2.19. The van der Waals surface area contributed by atoms with Gasteiger partial charge in [0, 0.05) is 0 Å². The van der Waals surface area contributed by atoms with Gasteiger partial charge in [0.05, 0.1) is 6.04 Å². The van der Waals surface area contributed by atoms with Crippen molar-refractivity contribution >= 4 is 17.7 Å². The highest BCUT2D eigenvalue weighted by atomic mass is 32.1. The van der Waals surface area contributed by atoms with Gasteiger partial charge in [0.2, 0.25) is 5.12 Å². The smallest absolute Gasteiger partial charge is 0.202 e. The molecule has 2 aromatic carbocycles. The quantitative estimate of drug-likeness (QED) is 0.821. The summed E-state index contributed by atoms with van der Waals surface area (Å²) in [5.41, 5.74) is 9.24. The molecule has 0 aromatic heterocycles. The van der Waals surface area contributed by atoms with Crippen LogP contribution in [0.15, 0.2) is 54.6 Å². The van der Waals surface area contributed by atoms with Crippen molar-refractivity contribution in [3.05, 3.63) is 60.2 Å². The van der Waals surface area contributed by atoms with Crippen LogP contribution in [-0.2, 0) is 11.2 Å². The molecule has 0 heterocycles. The van der Waals surface area contributed by atoms with Crippen LogP contribution in [0.5, 0.6) is 0 Å². The molecule has 0 saturated heterocycles. The van der Waals surface area contributed by atoms with E-state index in [2.05, 4.69) is 49.0 Å². The highest BCUT2D eigenvalue weighted by Gasteiger charge is 2.08. The second-order valence-electron chi connectivity index (χ2n) is 4.55. The molecule has 0 spiro atoms. The number of rotatable bonds is 5. The number of hydrogen-bond acceptors (Lipinski definition) is 2. The Morgan fingerprint density at radius 1 is 1.00 bits per heavy atom. The first kappa shape index (κ1) is 13.8. The van der Waals surface area contributed by atoms with E-state index in [9.17, 15) is 4.79 Å². The molecule has 1 atom stereocenters. The highest BCUT2D eigenvalue weighted by molar-refractivity contribution is 7.96. The Hall–Kier alpha value is -1.58. The van der Waals surface area contributed by atoms with Gasteiger partial charge >= 0.3 is 0 Å². The summed E-state index contributed by atoms with van der Waals surface area (Å²) < 4.78 is 0. The van der Waals surface area contributed by atoms with Gasteiger partial charge in [-0.25, -0.2) is 0 Å². The van der Waals surface area contributed by atoms with E-state index in [1.165, 1.54) is 16.7 Å². The molecule has 0 amide bonds. The minimum atomic E-state index is -0.475. The molecule has 2 aromatic rings. The van der Waals surface area contributed by atoms with Gasteiger partial charge in [-0.3, -0.25) is 4.79 Å². The van der Waals surface area contributed by atoms with Gasteiger partial charge in [0.15, 0.2) is 0 Å². The summed E-state index contributed by atoms with van der Waals surface area (Å²) in [5.74, 6) is 0. The molecule has 2 N–H and O–H groups in total. The van der Waals surface area contributed by atoms with Crippen LogP contribution in [-0.4, -0.2) is 11.2 Å². The topological polar surface area (TPSA) is 43.1 Å². The van der Waals surface area contributed by atoms with E-state index in [4.69, 9.17) is 5.73 Å². The lowest BCUT2D eigenvalue weighted by atomic mass is 10.0. The predicted molar refractivity (Wildman–Crippen MR) is 82.2 cm³/mol. The number of carbonyl (C=O) groups excluding carboxylic acids is 1. The minimum absolute atomic E-state index is 0.249. The van der Waals surface area contributed by atoms with E-state index in [1.807, 2.05) is 18.2 Å². The summed E-state index contributed by atoms with van der Waals surface area (Å²) in [6.07, 6.45) is 1.43. The predicted octanol–water partition coefficient (Wildman–Crippen LogP) is 3.07. The lowest BCUT2D eigenvalue weighted by molar-refractivity contribution is -0.112. The molecule has 0 aliphatic carbocycles. The summed E-state index contributed by atoms with van der Waals surface area (Å²) in [6, 6.07) is 18.1. The van der Waals surface area contributed by atoms with Crippen molar-refractivity contribution in [2.75, 3.05) is 0 Å². The third kappa shape index (κ3) is 3.94. The summed E-state index contributed by atoms with van der Waals surface area (Å²) in [7, 11) is 0. The first-order chi connectivity index (χ1) is 9.16. The van der Waals surface area contributed by atoms with Crippen LogP contribution in [0.25, 0.3) is 11.1 Å². The number of benzene rings is 2. The number of nitrogens with two attached hydrogens (primary N) is 1. The Balaban J connectivity index is 2.01. The van der Waals surface area contributed by atoms with Gasteiger partial charge in [-0.1, -0.05) is 54.6 Å². The Labute approximate surface area is 119 Å². The monoisotopic (exact) mass is 271 g/mol. The van der Waals surface area contributed by atoms with Crippen LogP contribution in [0.4, 0.5) is 0 Å². The number of aryl methyl sites for hydroxylation is 1. The van der Waals surface area contributed by atoms with E-state index in [0.717, 1.165) is 6.42 Å². The molecular formula is C16H17NOS. The fourth-order valence-corrected chi connectivity index (χ4v) is 2.07. The summed E-state index contributed by atoms with van der Waals surface area (Å²) in [5, 5.41) is -0.249. The molecular weight excluding hydrogens is 254 g/mol. The number of hydrogen-bond donors (Lipinski definition) is 2. The minimum Gasteiger partial charge on any atom is -0.321 e. The number of thiol groups is 1. The van der Waals surface area contributed by atoms with E-state index < -0.39 is 6.04 Å². The van der Waals surface area contributed by atoms with Crippen LogP contribution in [0.3, 0.4) is 0 Å². The summed E-state index contributed by atoms with van der Waals surface area (Å²) in [6.45, 7) is 0. The molecule has 0 fully saturated rings. The molecule has 2 rings (SSSR count). The zero-order chi connectivity index (χ0) is 13.7. The van der Waals surface area contributed by atoms with Gasteiger partial charge in [-0.05, 0) is 29.5 Å². The molecule has 0 saturated carbocycles. The standard InChI is InChI=1S/C16H17NOS/c17-15(16(18)19)11-8-12-6-9-14(10-7-12)13-4-2-1-3-5-13/h1-7,9-10,15H,8,11,17H2,(H,18,19)/t15-/m0/s1. The number of carbonyl (C=O) groups is 1. The van der Waals surface area contributed by atoms with Gasteiger partial charge in [0.25, 0.3) is 0 Å². The van der Waals surface area contributed by atoms with Crippen molar-refractivity contribution in [1.82, 2.24) is 0 Å². The molecule has 98 valence electrons. The van der Waals surface area contributed by atoms with Crippen molar-refractivity contribution in [2.45, 2.75) is 18.9 Å². The molecule has 0 unspecified atom stereocenters. The largest absolute Gasteiger partial charge is 0.321 e. The van der Waals surface area contributed by atoms with Gasteiger partial charge < -0.3 is 5.73 Å². The second-order valence-corrected chi connectivity index (χ2v) is 4.99. The van der Waals surface area contributed by atoms with Crippen LogP contribution < -0.4 is 5.73 Å². The summed E-state index contributed by atoms with van der Waals surface area (Å²) >= 11 is 3.74. The van der Waals surface area contributed by atoms with E-state index in [-0.39, 0.29) is 5.12 Å². The van der Waals surface area contributed by atoms with Crippen molar-refractivity contribution in [2.24, 2.45) is 5.73 Å². The first-order valence-corrected chi connectivity index (χ1v) is 6.74. The Morgan fingerprint density at radius 3 is 2.16 bits per heavy atom. The van der Waals surface area contributed by atoms with E-state index in [1.54, 1.807) is 0 Å². The lowest BCUT2D eigenvalue weighted by Gasteiger charge is -2.08. The van der Waals surface area contributed by atoms with Crippen molar-refractivity contribution in [3.63, 3.8) is 0 Å². The van der Waals surface area contributed by atoms with Crippen LogP contribution in [0, 0.1) is 0 Å². The van der Waals surface area contributed by atoms with Crippen molar-refractivity contribution < 1.29 is 4.79 Å². The molecule has 0 bridgehead atoms. The van der Waals surface area contributed by atoms with Gasteiger partial charge in [-0.15, -0.1) is 12.6 Å². The normalized spacial score (nSPS) is 12.1. The maximum atomic E-state index is 10.9. The SMILES string of the molecule is N[C@@H](CCc1ccc(-c2ccccc2)cc1)C(=O)S. The molecule has 0 aliphatic heterocycles. The zero-order valence-electron chi connectivity index (χ0n) is 10.6. The molecule has 2 nitrogen and oxygen atoms in total. The van der Waals surface area contributed by atoms with Gasteiger partial charge in [-0.2, -0.15) is 0 Å². The van der Waals surface area contributed by atoms with Crippen LogP contribution >= 0.6 is 12.6 Å². The third-order valence-corrected chi connectivity index (χ3v) is 3.45. The molecule has 0 aliphatic rings. The molecule has 19 heavy (non-hydrogen) atoms. The Morgan fingerprint density at radius 2 is 1.58 bits per heavy atom. The lowest BCUT2D eigenvalue weighted by Crippen LogP contribution is -2.27. The molecule has 3 heteroatoms. The van der Waals surface area contributed by atoms with E-state index in [0.29, 0.717) is 6.42 Å². The maximum absolute atomic E-state index is 10.9. The van der Waals surface area contributed by atoms with E-state index >= 15 is 0 Å². The fraction of sp³-hybridized carbons (Fsp3) is 0.188. The average Bonchev–Trinajstić information content (AvgIpc) is 2.46. The van der Waals surface area contributed by atoms with Crippen LogP contribution in [0.2, 0.25) is 0 Å². The average molecular weight is 271 g/mol. The van der Waals surface area contributed by atoms with Crippen molar-refractivity contribution in [3.8, 4) is 11.1 Å². The Bertz CT molecular complexity index is 536. The Kier molecular flexibility index (Phi) is 4.77. The maximum Gasteiger partial charge on any atom is 0.202 e. The van der Waals surface area contributed by atoms with Crippen molar-refractivity contribution in [1.29, 1.82) is 0 Å². The third-order valence-electron chi connectivity index (χ3n) is 3.12.